The minimum atomic E-state index is -0.314. The van der Waals surface area contributed by atoms with E-state index in [9.17, 15) is 5.11 Å². The standard InChI is InChI=1S/C18H20N6O2/c1-26-14-17(20-16-12-4-2-3-5-13(12)22-23-16)19-15(10-6-7-10)21-18(14)24-8-11(25)9-24/h2-5,10-11,25H,6-9H2,1H3,(H2,19,20,21,22,23). The molecule has 8 heteroatoms. The molecule has 0 spiro atoms. The summed E-state index contributed by atoms with van der Waals surface area (Å²) in [5.41, 5.74) is 0.955. The van der Waals surface area contributed by atoms with E-state index >= 15 is 0 Å². The number of aliphatic hydroxyl groups is 1. The van der Waals surface area contributed by atoms with Crippen LogP contribution in [-0.4, -0.2) is 51.6 Å². The van der Waals surface area contributed by atoms with Gasteiger partial charge in [-0.25, -0.2) is 9.97 Å². The van der Waals surface area contributed by atoms with Crippen LogP contribution in [0.3, 0.4) is 0 Å². The van der Waals surface area contributed by atoms with E-state index in [0.717, 1.165) is 35.4 Å². The number of anilines is 3. The van der Waals surface area contributed by atoms with E-state index in [1.165, 1.54) is 0 Å². The van der Waals surface area contributed by atoms with Crippen LogP contribution in [0.4, 0.5) is 17.5 Å². The van der Waals surface area contributed by atoms with Crippen molar-refractivity contribution in [3.63, 3.8) is 0 Å². The highest BCUT2D eigenvalue weighted by Gasteiger charge is 2.34. The molecule has 1 aromatic carbocycles. The zero-order valence-corrected chi connectivity index (χ0v) is 14.4. The molecular formula is C18H20N6O2. The Bertz CT molecular complexity index is 961. The van der Waals surface area contributed by atoms with Gasteiger partial charge in [-0.3, -0.25) is 5.10 Å². The second kappa shape index (κ2) is 5.84. The van der Waals surface area contributed by atoms with Gasteiger partial charge in [0.05, 0.1) is 18.7 Å². The van der Waals surface area contributed by atoms with Crippen molar-refractivity contribution in [3.8, 4) is 5.75 Å². The third-order valence-electron chi connectivity index (χ3n) is 4.88. The first-order chi connectivity index (χ1) is 12.7. The quantitative estimate of drug-likeness (QED) is 0.647. The molecule has 26 heavy (non-hydrogen) atoms. The average Bonchev–Trinajstić information content (AvgIpc) is 3.41. The van der Waals surface area contributed by atoms with Crippen LogP contribution in [0, 0.1) is 0 Å². The van der Waals surface area contributed by atoms with Gasteiger partial charge in [0.2, 0.25) is 5.75 Å². The number of benzene rings is 1. The van der Waals surface area contributed by atoms with Gasteiger partial charge in [0.15, 0.2) is 17.5 Å². The number of β-amino-alcohol motifs (C(OH)–C–C–N with tert-alkyl or cyclic N) is 1. The molecule has 8 nitrogen and oxygen atoms in total. The summed E-state index contributed by atoms with van der Waals surface area (Å²) in [5.74, 6) is 3.85. The maximum absolute atomic E-state index is 9.67. The van der Waals surface area contributed by atoms with Crippen LogP contribution in [0.25, 0.3) is 10.9 Å². The van der Waals surface area contributed by atoms with Crippen LogP contribution in [-0.2, 0) is 0 Å². The highest BCUT2D eigenvalue weighted by Crippen LogP contribution is 2.43. The zero-order chi connectivity index (χ0) is 17.7. The third kappa shape index (κ3) is 2.53. The van der Waals surface area contributed by atoms with Crippen LogP contribution in [0.15, 0.2) is 24.3 Å². The zero-order valence-electron chi connectivity index (χ0n) is 14.4. The molecule has 0 radical (unpaired) electrons. The molecule has 3 aromatic rings. The van der Waals surface area contributed by atoms with Crippen molar-refractivity contribution in [1.29, 1.82) is 0 Å². The van der Waals surface area contributed by atoms with E-state index in [2.05, 4.69) is 15.5 Å². The summed E-state index contributed by atoms with van der Waals surface area (Å²) >= 11 is 0. The maximum Gasteiger partial charge on any atom is 0.204 e. The fourth-order valence-electron chi connectivity index (χ4n) is 3.27. The number of nitrogens with zero attached hydrogens (tertiary/aromatic N) is 4. The van der Waals surface area contributed by atoms with E-state index in [0.29, 0.717) is 36.4 Å². The predicted molar refractivity (Wildman–Crippen MR) is 98.2 cm³/mol. The summed E-state index contributed by atoms with van der Waals surface area (Å²) in [4.78, 5) is 11.5. The van der Waals surface area contributed by atoms with E-state index in [1.54, 1.807) is 7.11 Å². The Balaban J connectivity index is 1.58. The van der Waals surface area contributed by atoms with Gasteiger partial charge in [-0.15, -0.1) is 0 Å². The van der Waals surface area contributed by atoms with E-state index in [4.69, 9.17) is 14.7 Å². The number of rotatable bonds is 5. The molecule has 2 aromatic heterocycles. The maximum atomic E-state index is 9.67. The first-order valence-corrected chi connectivity index (χ1v) is 8.82. The Kier molecular flexibility index (Phi) is 3.46. The number of para-hydroxylation sites is 1. The third-order valence-corrected chi connectivity index (χ3v) is 4.88. The number of hydrogen-bond donors (Lipinski definition) is 3. The van der Waals surface area contributed by atoms with Crippen molar-refractivity contribution in [2.45, 2.75) is 24.9 Å². The number of nitrogens with one attached hydrogen (secondary N) is 2. The highest BCUT2D eigenvalue weighted by atomic mass is 16.5. The summed E-state index contributed by atoms with van der Waals surface area (Å²) < 4.78 is 5.64. The van der Waals surface area contributed by atoms with Gasteiger partial charge in [-0.2, -0.15) is 5.10 Å². The Labute approximate surface area is 150 Å². The van der Waals surface area contributed by atoms with Gasteiger partial charge < -0.3 is 20.1 Å². The largest absolute Gasteiger partial charge is 0.490 e. The molecule has 2 aliphatic rings. The number of ether oxygens (including phenoxy) is 1. The monoisotopic (exact) mass is 352 g/mol. The van der Waals surface area contributed by atoms with E-state index in [1.807, 2.05) is 29.2 Å². The van der Waals surface area contributed by atoms with Gasteiger partial charge in [0, 0.05) is 24.4 Å². The molecule has 1 aliphatic carbocycles. The van der Waals surface area contributed by atoms with Crippen LogP contribution < -0.4 is 15.0 Å². The van der Waals surface area contributed by atoms with E-state index in [-0.39, 0.29) is 6.10 Å². The Morgan fingerprint density at radius 2 is 2.00 bits per heavy atom. The first-order valence-electron chi connectivity index (χ1n) is 8.82. The molecule has 0 amide bonds. The lowest BCUT2D eigenvalue weighted by Crippen LogP contribution is -2.51. The van der Waals surface area contributed by atoms with Gasteiger partial charge in [-0.1, -0.05) is 12.1 Å². The van der Waals surface area contributed by atoms with Gasteiger partial charge in [-0.05, 0) is 25.0 Å². The minimum absolute atomic E-state index is 0.314. The van der Waals surface area contributed by atoms with Gasteiger partial charge in [0.25, 0.3) is 0 Å². The minimum Gasteiger partial charge on any atom is -0.490 e. The molecular weight excluding hydrogens is 332 g/mol. The van der Waals surface area contributed by atoms with Crippen molar-refractivity contribution in [2.75, 3.05) is 30.4 Å². The highest BCUT2D eigenvalue weighted by molar-refractivity contribution is 5.91. The van der Waals surface area contributed by atoms with Crippen LogP contribution in [0.1, 0.15) is 24.6 Å². The number of fused-ring (bicyclic) bond motifs is 1. The summed E-state index contributed by atoms with van der Waals surface area (Å²) in [6.07, 6.45) is 1.91. The van der Waals surface area contributed by atoms with Crippen molar-refractivity contribution >= 4 is 28.4 Å². The SMILES string of the molecule is COc1c(Nc2n[nH]c3ccccc23)nc(C2CC2)nc1N1CC(O)C1. The number of methoxy groups -OCH3 is 1. The lowest BCUT2D eigenvalue weighted by molar-refractivity contribution is 0.140. The van der Waals surface area contributed by atoms with E-state index < -0.39 is 0 Å². The van der Waals surface area contributed by atoms with Crippen molar-refractivity contribution in [1.82, 2.24) is 20.2 Å². The Morgan fingerprint density at radius 1 is 1.19 bits per heavy atom. The number of aromatic amines is 1. The molecule has 1 saturated heterocycles. The van der Waals surface area contributed by atoms with Crippen molar-refractivity contribution in [3.05, 3.63) is 30.1 Å². The normalized spacial score (nSPS) is 17.4. The second-order valence-corrected chi connectivity index (χ2v) is 6.86. The second-order valence-electron chi connectivity index (χ2n) is 6.86. The van der Waals surface area contributed by atoms with Gasteiger partial charge in [0.1, 0.15) is 5.82 Å². The molecule has 0 bridgehead atoms. The molecule has 1 aliphatic heterocycles. The molecule has 3 heterocycles. The molecule has 0 atom stereocenters. The van der Waals surface area contributed by atoms with Crippen molar-refractivity contribution in [2.24, 2.45) is 0 Å². The average molecular weight is 352 g/mol. The lowest BCUT2D eigenvalue weighted by Gasteiger charge is -2.37. The summed E-state index contributed by atoms with van der Waals surface area (Å²) in [5, 5.41) is 21.4. The van der Waals surface area contributed by atoms with Gasteiger partial charge >= 0.3 is 0 Å². The van der Waals surface area contributed by atoms with Crippen LogP contribution >= 0.6 is 0 Å². The number of aliphatic hydroxyl groups excluding tert-OH is 1. The fourth-order valence-corrected chi connectivity index (χ4v) is 3.27. The Hall–Kier alpha value is -2.87. The lowest BCUT2D eigenvalue weighted by atomic mass is 10.1. The first kappa shape index (κ1) is 15.4. The summed E-state index contributed by atoms with van der Waals surface area (Å²) in [6.45, 7) is 1.12. The topological polar surface area (TPSA) is 99.2 Å². The predicted octanol–water partition coefficient (Wildman–Crippen LogP) is 2.16. The number of H-pyrrole nitrogens is 1. The van der Waals surface area contributed by atoms with Crippen LogP contribution in [0.5, 0.6) is 5.75 Å². The van der Waals surface area contributed by atoms with Crippen molar-refractivity contribution < 1.29 is 9.84 Å². The fraction of sp³-hybridized carbons (Fsp3) is 0.389. The molecule has 0 unspecified atom stereocenters. The Morgan fingerprint density at radius 3 is 2.73 bits per heavy atom. The summed E-state index contributed by atoms with van der Waals surface area (Å²) in [6, 6.07) is 7.92. The molecule has 5 rings (SSSR count). The molecule has 134 valence electrons. The number of hydrogen-bond acceptors (Lipinski definition) is 7. The smallest absolute Gasteiger partial charge is 0.204 e. The summed E-state index contributed by atoms with van der Waals surface area (Å²) in [7, 11) is 1.61. The number of aromatic nitrogens is 4. The molecule has 2 fully saturated rings. The molecule has 3 N–H and O–H groups in total. The van der Waals surface area contributed by atoms with Crippen LogP contribution in [0.2, 0.25) is 0 Å². The molecule has 1 saturated carbocycles.